The van der Waals surface area contributed by atoms with Crippen LogP contribution in [-0.2, 0) is 19.1 Å². The van der Waals surface area contributed by atoms with Crippen molar-refractivity contribution >= 4 is 29.0 Å². The molecule has 13 heteroatoms. The molecule has 3 aromatic rings. The van der Waals surface area contributed by atoms with Crippen LogP contribution in [0, 0.1) is 0 Å². The van der Waals surface area contributed by atoms with Crippen molar-refractivity contribution in [2.24, 2.45) is 0 Å². The number of hydrogen-bond acceptors (Lipinski definition) is 12. The first-order valence-electron chi connectivity index (χ1n) is 13.6. The van der Waals surface area contributed by atoms with Gasteiger partial charge in [0.1, 0.15) is 45.5 Å². The van der Waals surface area contributed by atoms with Gasteiger partial charge >= 0.3 is 18.0 Å². The average Bonchev–Trinajstić information content (AvgIpc) is 2.88. The standard InChI is InChI=1S/C31H37NO12/c1-30(2,3)43-25(36)10-9-18(28(37)44-31(4,5)6)32-29(38)42-27-23(39-7)11-16(12-24(27)40-8)21-15-20(35)26-19(34)13-17(33)14-22(26)41-21/h11-15,18,33-34H,9-10H2,1-8H3,(H,32,38)/t18-/m0/s1. The van der Waals surface area contributed by atoms with Crippen LogP contribution in [-0.4, -0.2) is 59.7 Å². The molecule has 0 aliphatic rings. The van der Waals surface area contributed by atoms with E-state index in [2.05, 4.69) is 5.32 Å². The molecule has 3 N–H and O–H groups in total. The molecule has 0 radical (unpaired) electrons. The van der Waals surface area contributed by atoms with E-state index in [-0.39, 0.29) is 58.1 Å². The summed E-state index contributed by atoms with van der Waals surface area (Å²) in [5.74, 6) is -2.23. The summed E-state index contributed by atoms with van der Waals surface area (Å²) in [5.41, 5.74) is -1.97. The number of benzene rings is 2. The van der Waals surface area contributed by atoms with Gasteiger partial charge in [0.15, 0.2) is 16.9 Å². The monoisotopic (exact) mass is 615 g/mol. The molecule has 44 heavy (non-hydrogen) atoms. The van der Waals surface area contributed by atoms with E-state index in [9.17, 15) is 29.4 Å². The highest BCUT2D eigenvalue weighted by Gasteiger charge is 2.30. The van der Waals surface area contributed by atoms with Crippen molar-refractivity contribution < 1.29 is 52.7 Å². The lowest BCUT2D eigenvalue weighted by Crippen LogP contribution is -2.45. The largest absolute Gasteiger partial charge is 0.508 e. The lowest BCUT2D eigenvalue weighted by atomic mass is 10.1. The Morgan fingerprint density at radius 3 is 2.02 bits per heavy atom. The van der Waals surface area contributed by atoms with Crippen LogP contribution in [0.2, 0.25) is 0 Å². The number of nitrogens with one attached hydrogen (secondary N) is 1. The van der Waals surface area contributed by atoms with Crippen LogP contribution in [0.15, 0.2) is 39.5 Å². The quantitative estimate of drug-likeness (QED) is 0.280. The van der Waals surface area contributed by atoms with Gasteiger partial charge in [0, 0.05) is 30.2 Å². The van der Waals surface area contributed by atoms with Crippen LogP contribution in [0.5, 0.6) is 28.7 Å². The fourth-order valence-electron chi connectivity index (χ4n) is 4.06. The number of fused-ring (bicyclic) bond motifs is 1. The molecule has 13 nitrogen and oxygen atoms in total. The highest BCUT2D eigenvalue weighted by atomic mass is 16.6. The Kier molecular flexibility index (Phi) is 10.0. The number of rotatable bonds is 9. The first-order valence-corrected chi connectivity index (χ1v) is 13.6. The van der Waals surface area contributed by atoms with Crippen molar-refractivity contribution in [2.45, 2.75) is 71.6 Å². The van der Waals surface area contributed by atoms with E-state index in [1.54, 1.807) is 41.5 Å². The summed E-state index contributed by atoms with van der Waals surface area (Å²) in [7, 11) is 2.61. The Bertz CT molecular complexity index is 1590. The summed E-state index contributed by atoms with van der Waals surface area (Å²) in [6.07, 6.45) is -1.38. The number of carbonyl (C=O) groups is 3. The maximum atomic E-state index is 13.0. The van der Waals surface area contributed by atoms with Crippen molar-refractivity contribution in [1.29, 1.82) is 0 Å². The Hall–Kier alpha value is -4.94. The molecule has 0 spiro atoms. The molecular formula is C31H37NO12. The molecule has 0 saturated heterocycles. The van der Waals surface area contributed by atoms with E-state index in [0.29, 0.717) is 0 Å². The van der Waals surface area contributed by atoms with Crippen LogP contribution in [0.4, 0.5) is 4.79 Å². The zero-order valence-electron chi connectivity index (χ0n) is 25.9. The second-order valence-corrected chi connectivity index (χ2v) is 11.8. The van der Waals surface area contributed by atoms with Gasteiger partial charge in [-0.2, -0.15) is 0 Å². The Balaban J connectivity index is 1.91. The normalized spacial score (nSPS) is 12.3. The summed E-state index contributed by atoms with van der Waals surface area (Å²) >= 11 is 0. The van der Waals surface area contributed by atoms with Crippen LogP contribution in [0.25, 0.3) is 22.3 Å². The van der Waals surface area contributed by atoms with Crippen LogP contribution >= 0.6 is 0 Å². The van der Waals surface area contributed by atoms with Gasteiger partial charge < -0.3 is 43.6 Å². The smallest absolute Gasteiger partial charge is 0.413 e. The molecule has 238 valence electrons. The molecule has 2 aromatic carbocycles. The van der Waals surface area contributed by atoms with Crippen LogP contribution < -0.4 is 25.0 Å². The molecule has 1 aromatic heterocycles. The molecule has 1 heterocycles. The van der Waals surface area contributed by atoms with Gasteiger partial charge in [-0.3, -0.25) is 9.59 Å². The van der Waals surface area contributed by atoms with Gasteiger partial charge in [-0.25, -0.2) is 9.59 Å². The Morgan fingerprint density at radius 1 is 0.886 bits per heavy atom. The molecular weight excluding hydrogens is 578 g/mol. The van der Waals surface area contributed by atoms with Gasteiger partial charge in [-0.1, -0.05) is 0 Å². The van der Waals surface area contributed by atoms with Gasteiger partial charge in [-0.05, 0) is 60.1 Å². The fourth-order valence-corrected chi connectivity index (χ4v) is 4.06. The van der Waals surface area contributed by atoms with E-state index >= 15 is 0 Å². The number of phenolic OH excluding ortho intramolecular Hbond substituents is 2. The minimum atomic E-state index is -1.26. The predicted octanol–water partition coefficient (Wildman–Crippen LogP) is 4.81. The highest BCUT2D eigenvalue weighted by Crippen LogP contribution is 2.42. The van der Waals surface area contributed by atoms with E-state index < -0.39 is 46.5 Å². The molecule has 0 bridgehead atoms. The molecule has 3 rings (SSSR count). The minimum absolute atomic E-state index is 0.00132. The SMILES string of the molecule is COc1cc(-c2cc(=O)c3c(O)cc(O)cc3o2)cc(OC)c1OC(=O)N[C@@H](CCC(=O)OC(C)(C)C)C(=O)OC(C)(C)C. The van der Waals surface area contributed by atoms with Gasteiger partial charge in [-0.15, -0.1) is 0 Å². The molecule has 0 saturated carbocycles. The lowest BCUT2D eigenvalue weighted by Gasteiger charge is -2.25. The van der Waals surface area contributed by atoms with Crippen molar-refractivity contribution in [3.63, 3.8) is 0 Å². The number of phenols is 2. The number of carbonyl (C=O) groups excluding carboxylic acids is 3. The molecule has 0 unspecified atom stereocenters. The summed E-state index contributed by atoms with van der Waals surface area (Å²) in [6.45, 7) is 10.1. The fraction of sp³-hybridized carbons (Fsp3) is 0.419. The maximum Gasteiger partial charge on any atom is 0.413 e. The van der Waals surface area contributed by atoms with Crippen molar-refractivity contribution in [2.75, 3.05) is 14.2 Å². The third-order valence-electron chi connectivity index (χ3n) is 5.78. The summed E-state index contributed by atoms with van der Waals surface area (Å²) in [6, 6.07) is 4.90. The average molecular weight is 616 g/mol. The lowest BCUT2D eigenvalue weighted by molar-refractivity contribution is -0.158. The van der Waals surface area contributed by atoms with E-state index in [1.165, 1.54) is 32.4 Å². The number of esters is 2. The molecule has 1 amide bonds. The Labute approximate surface area is 253 Å². The van der Waals surface area contributed by atoms with Crippen molar-refractivity contribution in [3.8, 4) is 40.1 Å². The number of hydrogen-bond donors (Lipinski definition) is 3. The van der Waals surface area contributed by atoms with Gasteiger partial charge in [0.05, 0.1) is 14.2 Å². The van der Waals surface area contributed by atoms with Crippen LogP contribution in [0.1, 0.15) is 54.4 Å². The van der Waals surface area contributed by atoms with Crippen LogP contribution in [0.3, 0.4) is 0 Å². The number of methoxy groups -OCH3 is 2. The first-order chi connectivity index (χ1) is 20.4. The molecule has 0 fully saturated rings. The number of ether oxygens (including phenoxy) is 5. The van der Waals surface area contributed by atoms with E-state index in [0.717, 1.165) is 12.1 Å². The predicted molar refractivity (Wildman–Crippen MR) is 158 cm³/mol. The van der Waals surface area contributed by atoms with Crippen molar-refractivity contribution in [1.82, 2.24) is 5.32 Å². The van der Waals surface area contributed by atoms with Gasteiger partial charge in [0.25, 0.3) is 0 Å². The molecule has 0 aliphatic carbocycles. The Morgan fingerprint density at radius 2 is 1.48 bits per heavy atom. The summed E-state index contributed by atoms with van der Waals surface area (Å²) in [5, 5.41) is 22.2. The number of amides is 1. The maximum absolute atomic E-state index is 13.0. The topological polar surface area (TPSA) is 180 Å². The molecule has 0 aliphatic heterocycles. The second-order valence-electron chi connectivity index (χ2n) is 11.8. The highest BCUT2D eigenvalue weighted by molar-refractivity contribution is 5.87. The summed E-state index contributed by atoms with van der Waals surface area (Å²) < 4.78 is 32.8. The first kappa shape index (κ1) is 33.6. The summed E-state index contributed by atoms with van der Waals surface area (Å²) in [4.78, 5) is 50.9. The minimum Gasteiger partial charge on any atom is -0.508 e. The van der Waals surface area contributed by atoms with Gasteiger partial charge in [0.2, 0.25) is 5.75 Å². The van der Waals surface area contributed by atoms with Crippen molar-refractivity contribution in [3.05, 3.63) is 40.6 Å². The van der Waals surface area contributed by atoms with E-state index in [1.807, 2.05) is 0 Å². The zero-order valence-corrected chi connectivity index (χ0v) is 25.9. The zero-order chi connectivity index (χ0) is 33.0. The second kappa shape index (κ2) is 13.1. The third kappa shape index (κ3) is 8.79. The number of aromatic hydroxyl groups is 2. The molecule has 1 atom stereocenters. The third-order valence-corrected chi connectivity index (χ3v) is 5.78. The van der Waals surface area contributed by atoms with E-state index in [4.69, 9.17) is 28.1 Å².